The molecule has 0 radical (unpaired) electrons. The molecule has 128 valence electrons. The SMILES string of the molecule is CC1=C(O)C(C)=C(c2cc3cc(OCc4ccsc4)ccc3o2)OC1. The summed E-state index contributed by atoms with van der Waals surface area (Å²) < 4.78 is 17.5. The van der Waals surface area contributed by atoms with Gasteiger partial charge in [0.2, 0.25) is 0 Å². The first-order chi connectivity index (χ1) is 12.1. The Morgan fingerprint density at radius 2 is 2.08 bits per heavy atom. The molecule has 0 saturated heterocycles. The standard InChI is InChI=1S/C20H18O4S/c1-12-9-23-20(13(2)19(12)21)18-8-15-7-16(3-4-17(15)24-18)22-10-14-5-6-25-11-14/h3-8,11,21H,9-10H2,1-2H3. The third-order valence-electron chi connectivity index (χ3n) is 4.23. The number of fused-ring (bicyclic) bond motifs is 1. The summed E-state index contributed by atoms with van der Waals surface area (Å²) in [6.45, 7) is 4.59. The van der Waals surface area contributed by atoms with E-state index in [0.29, 0.717) is 30.3 Å². The van der Waals surface area contributed by atoms with Gasteiger partial charge in [0.1, 0.15) is 30.3 Å². The topological polar surface area (TPSA) is 51.8 Å². The maximum Gasteiger partial charge on any atom is 0.170 e. The lowest BCUT2D eigenvalue weighted by Gasteiger charge is -2.18. The highest BCUT2D eigenvalue weighted by atomic mass is 32.1. The van der Waals surface area contributed by atoms with Gasteiger partial charge in [-0.05, 0) is 60.5 Å². The van der Waals surface area contributed by atoms with E-state index >= 15 is 0 Å². The summed E-state index contributed by atoms with van der Waals surface area (Å²) in [7, 11) is 0. The quantitative estimate of drug-likeness (QED) is 0.656. The average Bonchev–Trinajstić information content (AvgIpc) is 3.26. The zero-order valence-corrected chi connectivity index (χ0v) is 14.9. The van der Waals surface area contributed by atoms with Crippen molar-refractivity contribution in [3.63, 3.8) is 0 Å². The number of hydrogen-bond acceptors (Lipinski definition) is 5. The van der Waals surface area contributed by atoms with Crippen LogP contribution < -0.4 is 4.74 Å². The number of aliphatic hydroxyl groups is 1. The normalized spacial score (nSPS) is 15.0. The van der Waals surface area contributed by atoms with Crippen LogP contribution in [0.15, 0.2) is 62.4 Å². The fourth-order valence-electron chi connectivity index (χ4n) is 2.81. The molecule has 0 aliphatic carbocycles. The molecule has 0 amide bonds. The highest BCUT2D eigenvalue weighted by Gasteiger charge is 2.21. The molecular weight excluding hydrogens is 336 g/mol. The summed E-state index contributed by atoms with van der Waals surface area (Å²) in [5, 5.41) is 15.2. The van der Waals surface area contributed by atoms with Gasteiger partial charge in [0.25, 0.3) is 0 Å². The maximum absolute atomic E-state index is 10.1. The Bertz CT molecular complexity index is 976. The van der Waals surface area contributed by atoms with Crippen LogP contribution in [0.2, 0.25) is 0 Å². The zero-order valence-electron chi connectivity index (χ0n) is 14.0. The van der Waals surface area contributed by atoms with Gasteiger partial charge in [0.15, 0.2) is 11.5 Å². The minimum atomic E-state index is 0.279. The zero-order chi connectivity index (χ0) is 17.4. The second kappa shape index (κ2) is 6.33. The fourth-order valence-corrected chi connectivity index (χ4v) is 3.46. The molecule has 1 aliphatic rings. The number of aliphatic hydroxyl groups excluding tert-OH is 1. The molecule has 4 rings (SSSR count). The van der Waals surface area contributed by atoms with E-state index in [1.54, 1.807) is 11.3 Å². The monoisotopic (exact) mass is 354 g/mol. The third kappa shape index (κ3) is 3.03. The summed E-state index contributed by atoms with van der Waals surface area (Å²) in [5.74, 6) is 2.27. The predicted molar refractivity (Wildman–Crippen MR) is 98.7 cm³/mol. The van der Waals surface area contributed by atoms with Crippen LogP contribution >= 0.6 is 11.3 Å². The largest absolute Gasteiger partial charge is 0.507 e. The molecule has 0 bridgehead atoms. The molecule has 1 aliphatic heterocycles. The molecule has 0 unspecified atom stereocenters. The minimum absolute atomic E-state index is 0.279. The lowest BCUT2D eigenvalue weighted by Crippen LogP contribution is -2.08. The van der Waals surface area contributed by atoms with Crippen molar-refractivity contribution in [2.24, 2.45) is 0 Å². The number of thiophene rings is 1. The molecule has 0 saturated carbocycles. The first-order valence-corrected chi connectivity index (χ1v) is 8.96. The Morgan fingerprint density at radius 3 is 2.88 bits per heavy atom. The molecule has 4 nitrogen and oxygen atoms in total. The second-order valence-electron chi connectivity index (χ2n) is 6.10. The summed E-state index contributed by atoms with van der Waals surface area (Å²) in [6, 6.07) is 9.71. The number of benzene rings is 1. The van der Waals surface area contributed by atoms with Gasteiger partial charge in [-0.2, -0.15) is 11.3 Å². The minimum Gasteiger partial charge on any atom is -0.507 e. The molecule has 1 aromatic carbocycles. The predicted octanol–water partition coefficient (Wildman–Crippen LogP) is 5.67. The number of hydrogen-bond donors (Lipinski definition) is 1. The lowest BCUT2D eigenvalue weighted by atomic mass is 10.1. The molecule has 1 N–H and O–H groups in total. The second-order valence-corrected chi connectivity index (χ2v) is 6.88. The van der Waals surface area contributed by atoms with Crippen molar-refractivity contribution in [3.05, 3.63) is 69.3 Å². The Morgan fingerprint density at radius 1 is 1.20 bits per heavy atom. The molecule has 0 fully saturated rings. The third-order valence-corrected chi connectivity index (χ3v) is 4.96. The Balaban J connectivity index is 1.62. The molecule has 25 heavy (non-hydrogen) atoms. The van der Waals surface area contributed by atoms with E-state index in [0.717, 1.165) is 27.9 Å². The van der Waals surface area contributed by atoms with Crippen molar-refractivity contribution in [1.29, 1.82) is 0 Å². The number of ether oxygens (including phenoxy) is 2. The lowest BCUT2D eigenvalue weighted by molar-refractivity contribution is 0.272. The first kappa shape index (κ1) is 15.8. The van der Waals surface area contributed by atoms with E-state index in [2.05, 4.69) is 11.4 Å². The first-order valence-electron chi connectivity index (χ1n) is 8.02. The number of furan rings is 1. The van der Waals surface area contributed by atoms with Gasteiger partial charge in [-0.15, -0.1) is 0 Å². The van der Waals surface area contributed by atoms with Crippen molar-refractivity contribution in [2.45, 2.75) is 20.5 Å². The van der Waals surface area contributed by atoms with Crippen molar-refractivity contribution < 1.29 is 19.0 Å². The molecule has 0 spiro atoms. The van der Waals surface area contributed by atoms with Crippen LogP contribution in [-0.2, 0) is 11.3 Å². The molecule has 2 aromatic heterocycles. The van der Waals surface area contributed by atoms with Gasteiger partial charge < -0.3 is 19.0 Å². The maximum atomic E-state index is 10.1. The average molecular weight is 354 g/mol. The van der Waals surface area contributed by atoms with E-state index in [1.165, 1.54) is 0 Å². The van der Waals surface area contributed by atoms with Crippen LogP contribution in [0.3, 0.4) is 0 Å². The van der Waals surface area contributed by atoms with Gasteiger partial charge in [0.05, 0.1) is 0 Å². The molecule has 5 heteroatoms. The van der Waals surface area contributed by atoms with Crippen molar-refractivity contribution >= 4 is 28.1 Å². The Kier molecular flexibility index (Phi) is 4.01. The summed E-state index contributed by atoms with van der Waals surface area (Å²) >= 11 is 1.66. The van der Waals surface area contributed by atoms with Crippen molar-refractivity contribution in [1.82, 2.24) is 0 Å². The van der Waals surface area contributed by atoms with E-state index in [1.807, 2.05) is 43.5 Å². The highest BCUT2D eigenvalue weighted by molar-refractivity contribution is 7.07. The smallest absolute Gasteiger partial charge is 0.170 e. The highest BCUT2D eigenvalue weighted by Crippen LogP contribution is 2.34. The van der Waals surface area contributed by atoms with Gasteiger partial charge in [-0.3, -0.25) is 0 Å². The summed E-state index contributed by atoms with van der Waals surface area (Å²) in [5.41, 5.74) is 3.43. The van der Waals surface area contributed by atoms with Gasteiger partial charge in [-0.1, -0.05) is 0 Å². The van der Waals surface area contributed by atoms with Gasteiger partial charge in [0, 0.05) is 16.5 Å². The fraction of sp³-hybridized carbons (Fsp3) is 0.200. The summed E-state index contributed by atoms with van der Waals surface area (Å²) in [6.07, 6.45) is 0. The van der Waals surface area contributed by atoms with Crippen molar-refractivity contribution in [3.8, 4) is 5.75 Å². The number of rotatable bonds is 4. The molecule has 0 atom stereocenters. The van der Waals surface area contributed by atoms with Crippen LogP contribution in [0.4, 0.5) is 0 Å². The van der Waals surface area contributed by atoms with E-state index in [4.69, 9.17) is 13.9 Å². The van der Waals surface area contributed by atoms with E-state index in [-0.39, 0.29) is 5.76 Å². The van der Waals surface area contributed by atoms with Gasteiger partial charge in [-0.25, -0.2) is 0 Å². The van der Waals surface area contributed by atoms with Crippen LogP contribution in [0, 0.1) is 0 Å². The summed E-state index contributed by atoms with van der Waals surface area (Å²) in [4.78, 5) is 0. The van der Waals surface area contributed by atoms with Crippen molar-refractivity contribution in [2.75, 3.05) is 6.61 Å². The van der Waals surface area contributed by atoms with Crippen LogP contribution in [-0.4, -0.2) is 11.7 Å². The van der Waals surface area contributed by atoms with Crippen LogP contribution in [0.1, 0.15) is 25.2 Å². The molecule has 3 aromatic rings. The molecule has 3 heterocycles. The van der Waals surface area contributed by atoms with Crippen LogP contribution in [0.5, 0.6) is 5.75 Å². The van der Waals surface area contributed by atoms with E-state index in [9.17, 15) is 5.11 Å². The Labute approximate surface area is 149 Å². The van der Waals surface area contributed by atoms with E-state index < -0.39 is 0 Å². The van der Waals surface area contributed by atoms with Crippen LogP contribution in [0.25, 0.3) is 16.7 Å². The number of allylic oxidation sites excluding steroid dienone is 1. The van der Waals surface area contributed by atoms with Gasteiger partial charge >= 0.3 is 0 Å². The Hall–Kier alpha value is -2.66. The molecular formula is C20H18O4S.